The zero-order valence-corrected chi connectivity index (χ0v) is 17.6. The molecule has 0 aliphatic heterocycles. The number of esters is 1. The largest absolute Gasteiger partial charge is 0.485 e. The van der Waals surface area contributed by atoms with Gasteiger partial charge in [-0.05, 0) is 48.6 Å². The van der Waals surface area contributed by atoms with Gasteiger partial charge in [-0.3, -0.25) is 4.79 Å². The van der Waals surface area contributed by atoms with Crippen LogP contribution in [-0.2, 0) is 16.0 Å². The van der Waals surface area contributed by atoms with Crippen molar-refractivity contribution in [2.45, 2.75) is 39.7 Å². The van der Waals surface area contributed by atoms with E-state index in [9.17, 15) is 9.18 Å². The Labute approximate surface area is 175 Å². The van der Waals surface area contributed by atoms with Crippen molar-refractivity contribution in [3.8, 4) is 5.75 Å². The van der Waals surface area contributed by atoms with Gasteiger partial charge in [0.05, 0.1) is 11.6 Å². The maximum atomic E-state index is 14.5. The Morgan fingerprint density at radius 3 is 2.69 bits per heavy atom. The number of halogens is 2. The number of fused-ring (bicyclic) bond motifs is 1. The van der Waals surface area contributed by atoms with Crippen LogP contribution in [0.1, 0.15) is 44.4 Å². The van der Waals surface area contributed by atoms with Gasteiger partial charge in [0.25, 0.3) is 0 Å². The molecule has 0 aliphatic carbocycles. The van der Waals surface area contributed by atoms with Crippen molar-refractivity contribution in [1.29, 1.82) is 0 Å². The first kappa shape index (κ1) is 21.2. The topological polar surface area (TPSA) is 51.3 Å². The number of rotatable bonds is 8. The van der Waals surface area contributed by atoms with Crippen molar-refractivity contribution in [1.82, 2.24) is 4.98 Å². The first-order valence-corrected chi connectivity index (χ1v) is 10.1. The van der Waals surface area contributed by atoms with Crippen LogP contribution in [0, 0.1) is 11.7 Å². The molecule has 0 bridgehead atoms. The zero-order chi connectivity index (χ0) is 21.0. The van der Waals surface area contributed by atoms with Crippen molar-refractivity contribution < 1.29 is 18.7 Å². The number of hydrogen-bond donors (Lipinski definition) is 1. The maximum absolute atomic E-state index is 14.5. The predicted octanol–water partition coefficient (Wildman–Crippen LogP) is 6.23. The van der Waals surface area contributed by atoms with E-state index in [2.05, 4.69) is 18.8 Å². The third kappa shape index (κ3) is 5.10. The Hall–Kier alpha value is -2.53. The van der Waals surface area contributed by atoms with E-state index in [1.165, 1.54) is 6.07 Å². The molecule has 0 saturated carbocycles. The molecule has 1 N–H and O–H groups in total. The van der Waals surface area contributed by atoms with Gasteiger partial charge in [0, 0.05) is 29.6 Å². The summed E-state index contributed by atoms with van der Waals surface area (Å²) in [5, 5.41) is 1.58. The fourth-order valence-corrected chi connectivity index (χ4v) is 3.50. The van der Waals surface area contributed by atoms with Crippen LogP contribution >= 0.6 is 11.6 Å². The highest BCUT2D eigenvalue weighted by Gasteiger charge is 2.20. The predicted molar refractivity (Wildman–Crippen MR) is 113 cm³/mol. The monoisotopic (exact) mass is 417 g/mol. The smallest absolute Gasteiger partial charge is 0.306 e. The molecule has 4 nitrogen and oxygen atoms in total. The van der Waals surface area contributed by atoms with Crippen molar-refractivity contribution >= 4 is 28.5 Å². The number of carbonyl (C=O) groups is 1. The summed E-state index contributed by atoms with van der Waals surface area (Å²) in [5.74, 6) is -0.109. The summed E-state index contributed by atoms with van der Waals surface area (Å²) >= 11 is 6.24. The molecule has 0 fully saturated rings. The minimum Gasteiger partial charge on any atom is -0.485 e. The van der Waals surface area contributed by atoms with Crippen LogP contribution in [0.25, 0.3) is 10.9 Å². The normalized spacial score (nSPS) is 12.3. The van der Waals surface area contributed by atoms with Gasteiger partial charge in [-0.25, -0.2) is 4.39 Å². The summed E-state index contributed by atoms with van der Waals surface area (Å²) in [7, 11) is 0. The van der Waals surface area contributed by atoms with E-state index < -0.39 is 5.82 Å². The van der Waals surface area contributed by atoms with Crippen molar-refractivity contribution in [2.75, 3.05) is 6.61 Å². The summed E-state index contributed by atoms with van der Waals surface area (Å²) < 4.78 is 25.5. The van der Waals surface area contributed by atoms with E-state index in [1.807, 2.05) is 18.2 Å². The van der Waals surface area contributed by atoms with Crippen LogP contribution in [0.4, 0.5) is 4.39 Å². The van der Waals surface area contributed by atoms with Crippen LogP contribution in [0.2, 0.25) is 5.02 Å². The average molecular weight is 418 g/mol. The highest BCUT2D eigenvalue weighted by atomic mass is 35.5. The number of ether oxygens (including phenoxy) is 2. The van der Waals surface area contributed by atoms with Gasteiger partial charge in [-0.15, -0.1) is 0 Å². The number of aromatic amines is 1. The van der Waals surface area contributed by atoms with Crippen molar-refractivity contribution in [2.24, 2.45) is 5.92 Å². The molecule has 3 rings (SSSR count). The fourth-order valence-electron chi connectivity index (χ4n) is 3.29. The molecule has 1 unspecified atom stereocenters. The molecule has 2 aromatic carbocycles. The standard InChI is InChI=1S/C23H25ClFNO3/c1-4-28-22(27)10-7-15-5-8-17(12-20(15)25)29-23(14(2)3)16-6-9-21-18(11-16)19(24)13-26-21/h5-6,8-9,11-14,23,26H,4,7,10H2,1-3H3. The summed E-state index contributed by atoms with van der Waals surface area (Å²) in [6, 6.07) is 10.7. The molecule has 1 atom stereocenters. The van der Waals surface area contributed by atoms with Gasteiger partial charge in [-0.1, -0.05) is 37.6 Å². The highest BCUT2D eigenvalue weighted by Crippen LogP contribution is 2.33. The third-order valence-electron chi connectivity index (χ3n) is 4.78. The van der Waals surface area contributed by atoms with Gasteiger partial charge < -0.3 is 14.5 Å². The minimum atomic E-state index is -0.390. The molecule has 3 aromatic rings. The van der Waals surface area contributed by atoms with Crippen LogP contribution in [-0.4, -0.2) is 17.6 Å². The summed E-state index contributed by atoms with van der Waals surface area (Å²) in [5.41, 5.74) is 2.39. The molecule has 0 saturated heterocycles. The van der Waals surface area contributed by atoms with Crippen molar-refractivity contribution in [3.63, 3.8) is 0 Å². The lowest BCUT2D eigenvalue weighted by molar-refractivity contribution is -0.143. The van der Waals surface area contributed by atoms with Crippen LogP contribution in [0.3, 0.4) is 0 Å². The van der Waals surface area contributed by atoms with Crippen LogP contribution in [0.5, 0.6) is 5.75 Å². The van der Waals surface area contributed by atoms with E-state index in [4.69, 9.17) is 21.1 Å². The third-order valence-corrected chi connectivity index (χ3v) is 5.09. The Kier molecular flexibility index (Phi) is 6.80. The lowest BCUT2D eigenvalue weighted by Crippen LogP contribution is -2.14. The molecule has 6 heteroatoms. The SMILES string of the molecule is CCOC(=O)CCc1ccc(OC(c2ccc3[nH]cc(Cl)c3c2)C(C)C)cc1F. The van der Waals surface area contributed by atoms with Gasteiger partial charge >= 0.3 is 5.97 Å². The Bertz CT molecular complexity index is 999. The lowest BCUT2D eigenvalue weighted by Gasteiger charge is -2.23. The van der Waals surface area contributed by atoms with Gasteiger partial charge in [0.2, 0.25) is 0 Å². The van der Waals surface area contributed by atoms with Crippen molar-refractivity contribution in [3.05, 3.63) is 64.6 Å². The van der Waals surface area contributed by atoms with Crippen LogP contribution in [0.15, 0.2) is 42.6 Å². The Morgan fingerprint density at radius 2 is 2.00 bits per heavy atom. The second-order valence-electron chi connectivity index (χ2n) is 7.28. The molecule has 1 aromatic heterocycles. The summed E-state index contributed by atoms with van der Waals surface area (Å²) in [4.78, 5) is 14.6. The van der Waals surface area contributed by atoms with E-state index >= 15 is 0 Å². The van der Waals surface area contributed by atoms with E-state index in [0.29, 0.717) is 29.4 Å². The molecule has 0 spiro atoms. The molecular weight excluding hydrogens is 393 g/mol. The highest BCUT2D eigenvalue weighted by molar-refractivity contribution is 6.35. The number of aromatic nitrogens is 1. The Morgan fingerprint density at radius 1 is 1.21 bits per heavy atom. The second-order valence-corrected chi connectivity index (χ2v) is 7.69. The van der Waals surface area contributed by atoms with Crippen LogP contribution < -0.4 is 4.74 Å². The Balaban J connectivity index is 1.77. The molecule has 1 heterocycles. The zero-order valence-electron chi connectivity index (χ0n) is 16.8. The summed E-state index contributed by atoms with van der Waals surface area (Å²) in [6.45, 7) is 6.18. The maximum Gasteiger partial charge on any atom is 0.306 e. The molecule has 154 valence electrons. The number of H-pyrrole nitrogens is 1. The van der Waals surface area contributed by atoms with E-state index in [-0.39, 0.29) is 24.4 Å². The first-order valence-electron chi connectivity index (χ1n) is 9.76. The van der Waals surface area contributed by atoms with E-state index in [0.717, 1.165) is 16.5 Å². The molecule has 0 aliphatic rings. The van der Waals surface area contributed by atoms with E-state index in [1.54, 1.807) is 25.3 Å². The number of hydrogen-bond acceptors (Lipinski definition) is 3. The number of benzene rings is 2. The number of aryl methyl sites for hydroxylation is 1. The van der Waals surface area contributed by atoms with Gasteiger partial charge in [0.1, 0.15) is 17.7 Å². The fraction of sp³-hybridized carbons (Fsp3) is 0.348. The molecule has 0 radical (unpaired) electrons. The number of nitrogens with one attached hydrogen (secondary N) is 1. The lowest BCUT2D eigenvalue weighted by atomic mass is 9.97. The molecular formula is C23H25ClFNO3. The number of carbonyl (C=O) groups excluding carboxylic acids is 1. The molecule has 29 heavy (non-hydrogen) atoms. The summed E-state index contributed by atoms with van der Waals surface area (Å²) in [6.07, 6.45) is 1.94. The quantitative estimate of drug-likeness (QED) is 0.442. The minimum absolute atomic E-state index is 0.150. The van der Waals surface area contributed by atoms with Gasteiger partial charge in [-0.2, -0.15) is 0 Å². The first-order chi connectivity index (χ1) is 13.9. The second kappa shape index (κ2) is 9.31. The van der Waals surface area contributed by atoms with Gasteiger partial charge in [0.15, 0.2) is 0 Å². The molecule has 0 amide bonds. The average Bonchev–Trinajstić information content (AvgIpc) is 3.05.